The van der Waals surface area contributed by atoms with Gasteiger partial charge >= 0.3 is 0 Å². The average Bonchev–Trinajstić information content (AvgIpc) is 3.16. The molecule has 0 aliphatic carbocycles. The molecule has 24 heavy (non-hydrogen) atoms. The van der Waals surface area contributed by atoms with Gasteiger partial charge in [0.05, 0.1) is 11.3 Å². The van der Waals surface area contributed by atoms with Crippen molar-refractivity contribution < 1.29 is 4.74 Å². The maximum atomic E-state index is 12.2. The average molecular weight is 325 g/mol. The Labute approximate surface area is 138 Å². The summed E-state index contributed by atoms with van der Waals surface area (Å²) in [4.78, 5) is 16.7. The first-order valence-corrected chi connectivity index (χ1v) is 8.06. The molecule has 1 aliphatic heterocycles. The molecule has 1 fully saturated rings. The van der Waals surface area contributed by atoms with E-state index in [9.17, 15) is 4.79 Å². The van der Waals surface area contributed by atoms with Gasteiger partial charge in [-0.05, 0) is 31.4 Å². The number of ether oxygens (including phenoxy) is 1. The third kappa shape index (κ3) is 2.28. The standard InChI is InChI=1S/C17H19N5O2/c1-3-14-12-8-11(13-10-19-21(2)17(13)23)9-18-16(12)22(20-14)15-6-4-5-7-24-15/h3,8-10,15,19H,1,4-7H2,2H3. The summed E-state index contributed by atoms with van der Waals surface area (Å²) in [5, 5.41) is 8.37. The van der Waals surface area contributed by atoms with Crippen molar-refractivity contribution >= 4 is 17.1 Å². The van der Waals surface area contributed by atoms with Crippen molar-refractivity contribution in [1.29, 1.82) is 0 Å². The zero-order valence-electron chi connectivity index (χ0n) is 13.5. The van der Waals surface area contributed by atoms with E-state index in [1.165, 1.54) is 4.68 Å². The SMILES string of the molecule is C=Cc1nn(C2CCCCO2)c2ncc(-c3c[nH]n(C)c3=O)cc12. The highest BCUT2D eigenvalue weighted by atomic mass is 16.5. The molecule has 0 aromatic carbocycles. The van der Waals surface area contributed by atoms with Gasteiger partial charge in [0.25, 0.3) is 5.56 Å². The quantitative estimate of drug-likeness (QED) is 0.802. The van der Waals surface area contributed by atoms with Crippen LogP contribution in [0, 0.1) is 0 Å². The van der Waals surface area contributed by atoms with Gasteiger partial charge < -0.3 is 9.84 Å². The van der Waals surface area contributed by atoms with Crippen LogP contribution in [0.5, 0.6) is 0 Å². The first-order chi connectivity index (χ1) is 11.7. The molecule has 4 heterocycles. The molecule has 1 unspecified atom stereocenters. The van der Waals surface area contributed by atoms with Gasteiger partial charge in [-0.15, -0.1) is 0 Å². The van der Waals surface area contributed by atoms with Gasteiger partial charge in [-0.1, -0.05) is 6.58 Å². The van der Waals surface area contributed by atoms with Crippen LogP contribution in [0.4, 0.5) is 0 Å². The van der Waals surface area contributed by atoms with Crippen LogP contribution in [-0.4, -0.2) is 31.2 Å². The maximum absolute atomic E-state index is 12.2. The normalized spacial score (nSPS) is 18.1. The molecule has 1 atom stereocenters. The molecule has 0 spiro atoms. The van der Waals surface area contributed by atoms with E-state index in [2.05, 4.69) is 21.8 Å². The van der Waals surface area contributed by atoms with E-state index in [0.717, 1.165) is 48.2 Å². The van der Waals surface area contributed by atoms with Crippen LogP contribution in [0.1, 0.15) is 31.2 Å². The second-order valence-corrected chi connectivity index (χ2v) is 6.00. The predicted octanol–water partition coefficient (Wildman–Crippen LogP) is 2.47. The van der Waals surface area contributed by atoms with Gasteiger partial charge in [0.15, 0.2) is 11.9 Å². The fourth-order valence-electron chi connectivity index (χ4n) is 3.13. The molecule has 1 N–H and O–H groups in total. The highest BCUT2D eigenvalue weighted by molar-refractivity contribution is 5.87. The number of pyridine rings is 1. The maximum Gasteiger partial charge on any atom is 0.274 e. The molecule has 124 valence electrons. The van der Waals surface area contributed by atoms with Crippen molar-refractivity contribution in [2.75, 3.05) is 6.61 Å². The molecular formula is C17H19N5O2. The number of nitrogens with zero attached hydrogens (tertiary/aromatic N) is 4. The minimum atomic E-state index is -0.0894. The molecule has 3 aromatic rings. The highest BCUT2D eigenvalue weighted by Crippen LogP contribution is 2.29. The van der Waals surface area contributed by atoms with Crippen molar-refractivity contribution in [3.63, 3.8) is 0 Å². The topological polar surface area (TPSA) is 77.7 Å². The number of aryl methyl sites for hydroxylation is 1. The van der Waals surface area contributed by atoms with Crippen molar-refractivity contribution in [3.05, 3.63) is 41.1 Å². The Morgan fingerprint density at radius 2 is 2.33 bits per heavy atom. The summed E-state index contributed by atoms with van der Waals surface area (Å²) in [5.74, 6) is 0. The van der Waals surface area contributed by atoms with Crippen LogP contribution in [-0.2, 0) is 11.8 Å². The van der Waals surface area contributed by atoms with Crippen LogP contribution in [0.2, 0.25) is 0 Å². The Kier molecular flexibility index (Phi) is 3.57. The Bertz CT molecular complexity index is 959. The van der Waals surface area contributed by atoms with Crippen LogP contribution in [0.15, 0.2) is 29.8 Å². The van der Waals surface area contributed by atoms with E-state index in [4.69, 9.17) is 4.74 Å². The Balaban J connectivity index is 1.86. The number of aromatic nitrogens is 5. The number of nitrogens with one attached hydrogen (secondary N) is 1. The van der Waals surface area contributed by atoms with Gasteiger partial charge in [-0.2, -0.15) is 5.10 Å². The molecule has 4 rings (SSSR count). The van der Waals surface area contributed by atoms with Gasteiger partial charge in [0, 0.05) is 37.0 Å². The fraction of sp³-hybridized carbons (Fsp3) is 0.353. The van der Waals surface area contributed by atoms with Gasteiger partial charge in [-0.25, -0.2) is 9.67 Å². The number of hydrogen-bond donors (Lipinski definition) is 1. The molecule has 7 nitrogen and oxygen atoms in total. The van der Waals surface area contributed by atoms with E-state index in [1.807, 2.05) is 10.7 Å². The lowest BCUT2D eigenvalue weighted by molar-refractivity contribution is -0.0370. The van der Waals surface area contributed by atoms with Crippen molar-refractivity contribution in [3.8, 4) is 11.1 Å². The summed E-state index contributed by atoms with van der Waals surface area (Å²) in [6.07, 6.45) is 8.14. The van der Waals surface area contributed by atoms with Crippen LogP contribution in [0.25, 0.3) is 28.2 Å². The second kappa shape index (κ2) is 5.76. The first-order valence-electron chi connectivity index (χ1n) is 8.06. The van der Waals surface area contributed by atoms with E-state index in [-0.39, 0.29) is 11.8 Å². The minimum absolute atomic E-state index is 0.0840. The van der Waals surface area contributed by atoms with E-state index in [1.54, 1.807) is 25.5 Å². The number of H-pyrrole nitrogens is 1. The third-order valence-electron chi connectivity index (χ3n) is 4.45. The molecule has 1 saturated heterocycles. The number of fused-ring (bicyclic) bond motifs is 1. The van der Waals surface area contributed by atoms with Crippen LogP contribution in [0.3, 0.4) is 0 Å². The monoisotopic (exact) mass is 325 g/mol. The minimum Gasteiger partial charge on any atom is -0.356 e. The molecule has 0 bridgehead atoms. The summed E-state index contributed by atoms with van der Waals surface area (Å²) in [7, 11) is 1.69. The molecule has 0 amide bonds. The predicted molar refractivity (Wildman–Crippen MR) is 91.5 cm³/mol. The summed E-state index contributed by atoms with van der Waals surface area (Å²) in [6.45, 7) is 4.59. The molecular weight excluding hydrogens is 306 g/mol. The van der Waals surface area contributed by atoms with Gasteiger partial charge in [0.2, 0.25) is 0 Å². The highest BCUT2D eigenvalue weighted by Gasteiger charge is 2.21. The second-order valence-electron chi connectivity index (χ2n) is 6.00. The van der Waals surface area contributed by atoms with Crippen molar-refractivity contribution in [1.82, 2.24) is 24.5 Å². The zero-order valence-corrected chi connectivity index (χ0v) is 13.5. The van der Waals surface area contributed by atoms with Crippen molar-refractivity contribution in [2.24, 2.45) is 7.05 Å². The number of hydrogen-bond acceptors (Lipinski definition) is 4. The first kappa shape index (κ1) is 14.9. The number of aromatic amines is 1. The Morgan fingerprint density at radius 1 is 1.46 bits per heavy atom. The van der Waals surface area contributed by atoms with Gasteiger partial charge in [-0.3, -0.25) is 9.48 Å². The Hall–Kier alpha value is -2.67. The molecule has 1 aliphatic rings. The van der Waals surface area contributed by atoms with E-state index >= 15 is 0 Å². The van der Waals surface area contributed by atoms with Gasteiger partial charge in [0.1, 0.15) is 0 Å². The number of rotatable bonds is 3. The van der Waals surface area contributed by atoms with E-state index < -0.39 is 0 Å². The lowest BCUT2D eigenvalue weighted by Crippen LogP contribution is -2.19. The largest absolute Gasteiger partial charge is 0.356 e. The summed E-state index contributed by atoms with van der Waals surface area (Å²) in [6, 6.07) is 1.94. The van der Waals surface area contributed by atoms with Crippen LogP contribution >= 0.6 is 0 Å². The lowest BCUT2D eigenvalue weighted by atomic mass is 10.1. The third-order valence-corrected chi connectivity index (χ3v) is 4.45. The molecule has 0 saturated carbocycles. The lowest BCUT2D eigenvalue weighted by Gasteiger charge is -2.22. The molecule has 3 aromatic heterocycles. The summed E-state index contributed by atoms with van der Waals surface area (Å²) in [5.41, 5.74) is 2.77. The summed E-state index contributed by atoms with van der Waals surface area (Å²) < 4.78 is 9.11. The Morgan fingerprint density at radius 3 is 3.00 bits per heavy atom. The molecule has 7 heteroatoms. The van der Waals surface area contributed by atoms with Crippen molar-refractivity contribution in [2.45, 2.75) is 25.5 Å². The smallest absolute Gasteiger partial charge is 0.274 e. The van der Waals surface area contributed by atoms with Crippen LogP contribution < -0.4 is 5.56 Å². The van der Waals surface area contributed by atoms with E-state index in [0.29, 0.717) is 5.56 Å². The zero-order chi connectivity index (χ0) is 16.7. The molecule has 0 radical (unpaired) electrons. The summed E-state index contributed by atoms with van der Waals surface area (Å²) >= 11 is 0. The fourth-order valence-corrected chi connectivity index (χ4v) is 3.13.